The van der Waals surface area contributed by atoms with Crippen molar-refractivity contribution in [2.24, 2.45) is 0 Å². The Morgan fingerprint density at radius 3 is 0.620 bits per heavy atom. The Bertz CT molecular complexity index is 4430. The van der Waals surface area contributed by atoms with Gasteiger partial charge in [-0.2, -0.15) is 0 Å². The largest absolute Gasteiger partial charge is 0.456 e. The molecule has 0 bridgehead atoms. The first-order chi connectivity index (χ1) is 36.8. The van der Waals surface area contributed by atoms with Crippen molar-refractivity contribution in [1.82, 2.24) is 0 Å². The molecule has 9 aromatic carbocycles. The molecule has 0 saturated heterocycles. The monoisotopic (exact) mass is 922 g/mol. The Labute approximate surface area is 498 Å². The average molecular weight is 917 g/mol. The van der Waals surface area contributed by atoms with Gasteiger partial charge in [-0.25, -0.2) is 0 Å². The molecular formula is C48B30O. The van der Waals surface area contributed by atoms with E-state index in [9.17, 15) is 0 Å². The van der Waals surface area contributed by atoms with Crippen molar-refractivity contribution in [3.05, 3.63) is 0 Å². The number of hydrogen-bond acceptors (Lipinski definition) is 1. The minimum atomic E-state index is -0.304. The lowest BCUT2D eigenvalue weighted by Crippen LogP contribution is -2.57. The standard InChI is InChI=1S/C48B30O/c49-17-3-1(9-22(54)26(58)11(27(59)23(9)55)7-8-15-34(66)30(62)14-16(35(67)43(75)40(72)33(14)65)47(15)79-48(8)46(78)44(76)21(7)53)4-6(20(52)39(71)37(69)18(4)50)2(5(3)19(51)38(70)36(17)68)10-24(56)28(60)12(29(61)25(10)57)13-31(63)41(73)45(77)42(74)32(13)64. The predicted molar refractivity (Wildman–Crippen MR) is 370 cm³/mol. The van der Waals surface area contributed by atoms with Crippen LogP contribution in [-0.4, -0.2) is 235 Å². The lowest BCUT2D eigenvalue weighted by molar-refractivity contribution is 0.676. The molecule has 0 aliphatic rings. The van der Waals surface area contributed by atoms with Crippen LogP contribution >= 0.6 is 0 Å². The van der Waals surface area contributed by atoms with E-state index in [1.165, 1.54) is 0 Å². The summed E-state index contributed by atoms with van der Waals surface area (Å²) >= 11 is 0. The summed E-state index contributed by atoms with van der Waals surface area (Å²) in [5.74, 6) is 0. The molecule has 0 unspecified atom stereocenters. The van der Waals surface area contributed by atoms with Crippen molar-refractivity contribution in [3.63, 3.8) is 0 Å². The maximum absolute atomic E-state index is 7.27. The van der Waals surface area contributed by atoms with E-state index in [1.807, 2.05) is 0 Å². The molecular weight excluding hydrogens is 917 g/mol. The third-order valence-corrected chi connectivity index (χ3v) is 15.3. The molecule has 79 heavy (non-hydrogen) atoms. The molecule has 0 saturated carbocycles. The minimum Gasteiger partial charge on any atom is -0.456 e. The fourth-order valence-corrected chi connectivity index (χ4v) is 11.0. The molecule has 0 fully saturated rings. The summed E-state index contributed by atoms with van der Waals surface area (Å²) in [6, 6.07) is 0. The van der Waals surface area contributed by atoms with Crippen molar-refractivity contribution in [3.8, 4) is 44.5 Å². The highest BCUT2D eigenvalue weighted by atomic mass is 16.3. The Morgan fingerprint density at radius 2 is 0.291 bits per heavy atom. The van der Waals surface area contributed by atoms with E-state index in [0.29, 0.717) is 0 Å². The van der Waals surface area contributed by atoms with Crippen LogP contribution in [0.2, 0.25) is 0 Å². The summed E-state index contributed by atoms with van der Waals surface area (Å²) in [6.07, 6.45) is 0. The molecule has 1 aromatic heterocycles. The van der Waals surface area contributed by atoms with Crippen LogP contribution in [0.1, 0.15) is 0 Å². The second-order valence-electron chi connectivity index (χ2n) is 19.2. The third-order valence-electron chi connectivity index (χ3n) is 15.3. The molecule has 0 aliphatic carbocycles. The van der Waals surface area contributed by atoms with Gasteiger partial charge in [0.05, 0.1) is 0 Å². The molecule has 60 radical (unpaired) electrons. The number of benzene rings is 9. The zero-order chi connectivity index (χ0) is 58.4. The number of furan rings is 1. The van der Waals surface area contributed by atoms with Gasteiger partial charge < -0.3 is 4.42 Å². The van der Waals surface area contributed by atoms with Gasteiger partial charge in [-0.15, -0.1) is 54.6 Å². The first kappa shape index (κ1) is 57.7. The van der Waals surface area contributed by atoms with Gasteiger partial charge in [-0.1, -0.05) is 109 Å². The first-order valence-corrected chi connectivity index (χ1v) is 23.1. The third kappa shape index (κ3) is 7.52. The maximum Gasteiger partial charge on any atom is 0.141 e. The highest BCUT2D eigenvalue weighted by molar-refractivity contribution is 6.77. The summed E-state index contributed by atoms with van der Waals surface area (Å²) in [7, 11) is 203. The number of hydrogen-bond donors (Lipinski definition) is 0. The van der Waals surface area contributed by atoms with Crippen LogP contribution in [0, 0.1) is 0 Å². The second kappa shape index (κ2) is 19.6. The molecule has 31 heteroatoms. The maximum atomic E-state index is 7.27. The van der Waals surface area contributed by atoms with E-state index in [-0.39, 0.29) is 263 Å². The van der Waals surface area contributed by atoms with Gasteiger partial charge in [-0.3, -0.25) is 0 Å². The molecule has 288 valence electrons. The predicted octanol–water partition coefficient (Wildman–Crippen LogP) is -22.5. The Balaban J connectivity index is 1.41. The second-order valence-corrected chi connectivity index (χ2v) is 19.2. The molecule has 0 spiro atoms. The van der Waals surface area contributed by atoms with E-state index in [2.05, 4.69) is 0 Å². The van der Waals surface area contributed by atoms with E-state index in [4.69, 9.17) is 240 Å². The smallest absolute Gasteiger partial charge is 0.141 e. The van der Waals surface area contributed by atoms with Crippen molar-refractivity contribution < 1.29 is 4.42 Å². The van der Waals surface area contributed by atoms with E-state index in [1.54, 1.807) is 0 Å². The van der Waals surface area contributed by atoms with Gasteiger partial charge in [0.2, 0.25) is 0 Å². The highest BCUT2D eigenvalue weighted by Crippen LogP contribution is 2.40. The number of fused-ring (bicyclic) bond motifs is 7. The average Bonchev–Trinajstić information content (AvgIpc) is 4.01. The van der Waals surface area contributed by atoms with Crippen LogP contribution in [0.25, 0.3) is 98.8 Å². The fourth-order valence-electron chi connectivity index (χ4n) is 11.0. The van der Waals surface area contributed by atoms with Crippen LogP contribution in [0.5, 0.6) is 0 Å². The quantitative estimate of drug-likeness (QED) is 0.127. The van der Waals surface area contributed by atoms with Crippen LogP contribution in [0.15, 0.2) is 4.42 Å². The highest BCUT2D eigenvalue weighted by Gasteiger charge is 2.32. The van der Waals surface area contributed by atoms with E-state index >= 15 is 0 Å². The van der Waals surface area contributed by atoms with Crippen molar-refractivity contribution in [2.75, 3.05) is 0 Å². The lowest BCUT2D eigenvalue weighted by Gasteiger charge is -2.33. The fraction of sp³-hybridized carbons (Fsp3) is 0. The van der Waals surface area contributed by atoms with Gasteiger partial charge >= 0.3 is 0 Å². The normalized spacial score (nSPS) is 11.8. The molecule has 0 atom stereocenters. The van der Waals surface area contributed by atoms with Gasteiger partial charge in [0.15, 0.2) is 0 Å². The first-order valence-electron chi connectivity index (χ1n) is 23.1. The van der Waals surface area contributed by atoms with Crippen LogP contribution in [0.4, 0.5) is 0 Å². The zero-order valence-corrected chi connectivity index (χ0v) is 41.7. The van der Waals surface area contributed by atoms with Crippen LogP contribution in [-0.2, 0) is 0 Å². The minimum absolute atomic E-state index is 0.000436. The van der Waals surface area contributed by atoms with Crippen LogP contribution in [0.3, 0.4) is 0 Å². The zero-order valence-electron chi connectivity index (χ0n) is 41.7. The summed E-state index contributed by atoms with van der Waals surface area (Å²) in [4.78, 5) is 0. The van der Waals surface area contributed by atoms with Crippen LogP contribution < -0.4 is 164 Å². The summed E-state index contributed by atoms with van der Waals surface area (Å²) in [5.41, 5.74) is -6.22. The van der Waals surface area contributed by atoms with Crippen molar-refractivity contribution in [1.29, 1.82) is 0 Å². The molecule has 1 heterocycles. The van der Waals surface area contributed by atoms with Gasteiger partial charge in [-0.05, 0) is 71.4 Å². The molecule has 0 aliphatic heterocycles. The summed E-state index contributed by atoms with van der Waals surface area (Å²) in [6.45, 7) is 0. The summed E-state index contributed by atoms with van der Waals surface area (Å²) < 4.78 is 6.49. The molecule has 0 amide bonds. The van der Waals surface area contributed by atoms with E-state index < -0.39 is 0 Å². The molecule has 0 N–H and O–H groups in total. The summed E-state index contributed by atoms with van der Waals surface area (Å²) in [5, 5.41) is 0.209. The van der Waals surface area contributed by atoms with Gasteiger partial charge in [0, 0.05) is 16.2 Å². The Kier molecular flexibility index (Phi) is 14.3. The molecule has 1 nitrogen and oxygen atoms in total. The van der Waals surface area contributed by atoms with Crippen molar-refractivity contribution in [2.45, 2.75) is 0 Å². The number of rotatable bonds is 4. The van der Waals surface area contributed by atoms with Gasteiger partial charge in [0.25, 0.3) is 0 Å². The van der Waals surface area contributed by atoms with E-state index in [0.717, 1.165) is 0 Å². The Morgan fingerprint density at radius 1 is 0.114 bits per heavy atom. The molecule has 10 rings (SSSR count). The topological polar surface area (TPSA) is 13.1 Å². The van der Waals surface area contributed by atoms with Crippen molar-refractivity contribution >= 4 is 454 Å². The SMILES string of the molecule is [B]c1c([B])c([B])c(-c2c([B])c([B])c(-c3c4c([B])c([B])c([B])c([B])c4c(-c4c([B])c([B])c(-c5c([B])c([B])c([B])c6oc7c8c([B])c([B])c([B])c([B])c8c([B])c([B])c7c56)c([B])c4[B])c4c([B])c([B])c([B])c([B])c34)c([B])c2[B])c([B])c1[B]. The van der Waals surface area contributed by atoms with Gasteiger partial charge in [0.1, 0.15) is 247 Å². The Hall–Kier alpha value is -4.49. The molecule has 10 aromatic rings. The lowest BCUT2D eigenvalue weighted by atomic mass is 9.54.